The van der Waals surface area contributed by atoms with E-state index < -0.39 is 0 Å². The molecule has 8 nitrogen and oxygen atoms in total. The minimum Gasteiger partial charge on any atom is -0.457 e. The van der Waals surface area contributed by atoms with Crippen molar-refractivity contribution in [2.75, 3.05) is 0 Å². The summed E-state index contributed by atoms with van der Waals surface area (Å²) in [6.07, 6.45) is 6.61. The molecule has 270 valence electrons. The Hall–Kier alpha value is -7.97. The van der Waals surface area contributed by atoms with Crippen molar-refractivity contribution >= 4 is 21.8 Å². The van der Waals surface area contributed by atoms with Crippen LogP contribution in [0.4, 0.5) is 0 Å². The van der Waals surface area contributed by atoms with Crippen molar-refractivity contribution < 1.29 is 9.47 Å². The molecule has 0 amide bonds. The van der Waals surface area contributed by atoms with Gasteiger partial charge < -0.3 is 9.47 Å². The van der Waals surface area contributed by atoms with Gasteiger partial charge in [0.05, 0.1) is 22.4 Å². The SMILES string of the molecule is c1ccc(-c2cc(Oc3ccc4c5ccc(Oc6cc(-c7ccccc7)cc(-c7ccccn7)c6)cc5n(-c5ncncn5)c4c3)cc(-c3ccccn3)c2)cc1. The van der Waals surface area contributed by atoms with Gasteiger partial charge in [0.1, 0.15) is 35.7 Å². The van der Waals surface area contributed by atoms with Crippen LogP contribution in [0, 0.1) is 0 Å². The third-order valence-corrected chi connectivity index (χ3v) is 9.81. The number of hydrogen-bond donors (Lipinski definition) is 0. The predicted octanol–water partition coefficient (Wildman–Crippen LogP) is 12.0. The topological polar surface area (TPSA) is 87.8 Å². The molecule has 0 saturated heterocycles. The maximum absolute atomic E-state index is 6.67. The Morgan fingerprint density at radius 2 is 0.807 bits per heavy atom. The molecule has 10 rings (SSSR count). The van der Waals surface area contributed by atoms with E-state index in [0.29, 0.717) is 28.9 Å². The van der Waals surface area contributed by atoms with E-state index in [1.54, 1.807) is 12.4 Å². The zero-order chi connectivity index (χ0) is 38.0. The van der Waals surface area contributed by atoms with Crippen LogP contribution in [0.25, 0.3) is 72.5 Å². The molecular weight excluding hydrogens is 705 g/mol. The lowest BCUT2D eigenvalue weighted by Gasteiger charge is -2.12. The van der Waals surface area contributed by atoms with Crippen molar-refractivity contribution in [1.29, 1.82) is 0 Å². The van der Waals surface area contributed by atoms with E-state index >= 15 is 0 Å². The van der Waals surface area contributed by atoms with Crippen LogP contribution in [0.3, 0.4) is 0 Å². The third kappa shape index (κ3) is 6.83. The predicted molar refractivity (Wildman–Crippen MR) is 225 cm³/mol. The molecule has 0 N–H and O–H groups in total. The molecule has 0 radical (unpaired) electrons. The molecule has 0 fully saturated rings. The summed E-state index contributed by atoms with van der Waals surface area (Å²) >= 11 is 0. The van der Waals surface area contributed by atoms with Crippen LogP contribution in [-0.4, -0.2) is 29.5 Å². The maximum Gasteiger partial charge on any atom is 0.237 e. The Morgan fingerprint density at radius 3 is 1.26 bits per heavy atom. The maximum atomic E-state index is 6.67. The van der Waals surface area contributed by atoms with E-state index in [-0.39, 0.29) is 0 Å². The molecule has 0 bridgehead atoms. The molecule has 0 spiro atoms. The zero-order valence-corrected chi connectivity index (χ0v) is 30.5. The molecule has 0 aliphatic rings. The Morgan fingerprint density at radius 1 is 0.351 bits per heavy atom. The minimum atomic E-state index is 0.478. The van der Waals surface area contributed by atoms with Crippen molar-refractivity contribution in [2.45, 2.75) is 0 Å². The smallest absolute Gasteiger partial charge is 0.237 e. The van der Waals surface area contributed by atoms with Crippen LogP contribution in [0.15, 0.2) is 195 Å². The van der Waals surface area contributed by atoms with Gasteiger partial charge in [-0.3, -0.25) is 14.5 Å². The van der Waals surface area contributed by atoms with Crippen molar-refractivity contribution in [3.63, 3.8) is 0 Å². The highest BCUT2D eigenvalue weighted by molar-refractivity contribution is 6.09. The number of aromatic nitrogens is 6. The molecule has 0 aliphatic heterocycles. The summed E-state index contributed by atoms with van der Waals surface area (Å²) < 4.78 is 15.4. The fourth-order valence-electron chi connectivity index (χ4n) is 7.21. The lowest BCUT2D eigenvalue weighted by atomic mass is 10.0. The molecule has 0 atom stereocenters. The number of rotatable bonds is 9. The molecule has 0 unspecified atom stereocenters. The zero-order valence-electron chi connectivity index (χ0n) is 30.5. The van der Waals surface area contributed by atoms with E-state index in [0.717, 1.165) is 66.6 Å². The van der Waals surface area contributed by atoms with E-state index in [1.807, 2.05) is 114 Å². The number of nitrogens with zero attached hydrogens (tertiary/aromatic N) is 6. The number of hydrogen-bond acceptors (Lipinski definition) is 7. The lowest BCUT2D eigenvalue weighted by molar-refractivity contribution is 0.483. The van der Waals surface area contributed by atoms with E-state index in [9.17, 15) is 0 Å². The first-order chi connectivity index (χ1) is 28.2. The van der Waals surface area contributed by atoms with Gasteiger partial charge in [-0.1, -0.05) is 72.8 Å². The summed E-state index contributed by atoms with van der Waals surface area (Å²) in [5, 5.41) is 2.03. The summed E-state index contributed by atoms with van der Waals surface area (Å²) in [5.41, 5.74) is 9.63. The van der Waals surface area contributed by atoms with Crippen molar-refractivity contribution in [1.82, 2.24) is 29.5 Å². The van der Waals surface area contributed by atoms with E-state index in [1.165, 1.54) is 12.7 Å². The second-order valence-corrected chi connectivity index (χ2v) is 13.5. The summed E-state index contributed by atoms with van der Waals surface area (Å²) in [6, 6.07) is 57.0. The van der Waals surface area contributed by atoms with Crippen LogP contribution < -0.4 is 9.47 Å². The number of ether oxygens (including phenoxy) is 2. The van der Waals surface area contributed by atoms with Crippen molar-refractivity contribution in [3.05, 3.63) is 195 Å². The summed E-state index contributed by atoms with van der Waals surface area (Å²) in [6.45, 7) is 0. The first-order valence-electron chi connectivity index (χ1n) is 18.5. The highest BCUT2D eigenvalue weighted by Gasteiger charge is 2.18. The van der Waals surface area contributed by atoms with Gasteiger partial charge in [0, 0.05) is 46.4 Å². The summed E-state index contributed by atoms with van der Waals surface area (Å²) in [7, 11) is 0. The summed E-state index contributed by atoms with van der Waals surface area (Å²) in [4.78, 5) is 22.5. The first-order valence-corrected chi connectivity index (χ1v) is 18.5. The van der Waals surface area contributed by atoms with Crippen molar-refractivity contribution in [3.8, 4) is 73.7 Å². The monoisotopic (exact) mass is 736 g/mol. The van der Waals surface area contributed by atoms with Crippen LogP contribution in [0.2, 0.25) is 0 Å². The molecular formula is C49H32N6O2. The highest BCUT2D eigenvalue weighted by atomic mass is 16.5. The van der Waals surface area contributed by atoms with Crippen LogP contribution in [0.5, 0.6) is 23.0 Å². The largest absolute Gasteiger partial charge is 0.457 e. The molecule has 0 aliphatic carbocycles. The van der Waals surface area contributed by atoms with Gasteiger partial charge in [0.15, 0.2) is 0 Å². The van der Waals surface area contributed by atoms with Gasteiger partial charge in [-0.25, -0.2) is 15.0 Å². The third-order valence-electron chi connectivity index (χ3n) is 9.81. The first kappa shape index (κ1) is 33.6. The van der Waals surface area contributed by atoms with Gasteiger partial charge in [-0.05, 0) is 107 Å². The quantitative estimate of drug-likeness (QED) is 0.146. The standard InChI is InChI=1S/C49H32N6O2/c1-3-11-33(12-4-1)35-23-37(45-15-7-9-21-51-45)27-41(25-35)56-39-17-19-43-44-20-18-40(30-48(44)55(47(43)29-39)49-53-31-50-32-54-49)57-42-26-36(34-13-5-2-6-14-34)24-38(28-42)46-16-8-10-22-52-46/h1-32H. The Bertz CT molecular complexity index is 2690. The summed E-state index contributed by atoms with van der Waals surface area (Å²) in [5.74, 6) is 3.18. The fraction of sp³-hybridized carbons (Fsp3) is 0. The lowest BCUT2D eigenvalue weighted by Crippen LogP contribution is -2.01. The number of benzene rings is 6. The Balaban J connectivity index is 1.07. The average Bonchev–Trinajstić information content (AvgIpc) is 3.60. The van der Waals surface area contributed by atoms with Gasteiger partial charge >= 0.3 is 0 Å². The normalized spacial score (nSPS) is 11.2. The van der Waals surface area contributed by atoms with Crippen LogP contribution in [0.1, 0.15) is 0 Å². The minimum absolute atomic E-state index is 0.478. The Labute approximate surface area is 328 Å². The molecule has 6 aromatic carbocycles. The molecule has 57 heavy (non-hydrogen) atoms. The second-order valence-electron chi connectivity index (χ2n) is 13.5. The second kappa shape index (κ2) is 14.7. The number of pyridine rings is 2. The van der Waals surface area contributed by atoms with Gasteiger partial charge in [-0.15, -0.1) is 0 Å². The van der Waals surface area contributed by atoms with Gasteiger partial charge in [0.2, 0.25) is 5.95 Å². The van der Waals surface area contributed by atoms with Crippen molar-refractivity contribution in [2.24, 2.45) is 0 Å². The van der Waals surface area contributed by atoms with Crippen LogP contribution in [-0.2, 0) is 0 Å². The Kier molecular flexibility index (Phi) is 8.66. The highest BCUT2D eigenvalue weighted by Crippen LogP contribution is 2.39. The van der Waals surface area contributed by atoms with E-state index in [4.69, 9.17) is 9.47 Å². The fourth-order valence-corrected chi connectivity index (χ4v) is 7.21. The van der Waals surface area contributed by atoms with Gasteiger partial charge in [0.25, 0.3) is 0 Å². The van der Waals surface area contributed by atoms with Crippen LogP contribution >= 0.6 is 0 Å². The average molecular weight is 737 g/mol. The molecule has 4 aromatic heterocycles. The van der Waals surface area contributed by atoms with Gasteiger partial charge in [-0.2, -0.15) is 0 Å². The molecule has 0 saturated carbocycles. The van der Waals surface area contributed by atoms with E-state index in [2.05, 4.69) is 85.6 Å². The molecule has 8 heteroatoms. The molecule has 4 heterocycles. The molecule has 10 aromatic rings. The number of fused-ring (bicyclic) bond motifs is 3.